The summed E-state index contributed by atoms with van der Waals surface area (Å²) in [5.41, 5.74) is 6.95. The highest BCUT2D eigenvalue weighted by Crippen LogP contribution is 2.47. The number of thiophene rings is 3. The first kappa shape index (κ1) is 32.5. The summed E-state index contributed by atoms with van der Waals surface area (Å²) in [6.07, 6.45) is 0. The van der Waals surface area contributed by atoms with Gasteiger partial charge in [-0.05, 0) is 24.3 Å². The van der Waals surface area contributed by atoms with Crippen LogP contribution in [-0.4, -0.2) is 24.9 Å². The number of hydrogen-bond donors (Lipinski definition) is 0. The van der Waals surface area contributed by atoms with Crippen LogP contribution in [-0.2, 0) is 0 Å². The highest BCUT2D eigenvalue weighted by atomic mass is 32.1. The molecule has 5 nitrogen and oxygen atoms in total. The first-order valence-corrected chi connectivity index (χ1v) is 21.1. The largest absolute Gasteiger partial charge is 0.226 e. The molecule has 0 aliphatic carbocycles. The third kappa shape index (κ3) is 5.22. The van der Waals surface area contributed by atoms with Gasteiger partial charge in [0, 0.05) is 78.2 Å². The van der Waals surface area contributed by atoms with Gasteiger partial charge < -0.3 is 0 Å². The maximum Gasteiger partial charge on any atom is 0.164 e. The zero-order valence-corrected chi connectivity index (χ0v) is 32.5. The molecule has 0 saturated carbocycles. The summed E-state index contributed by atoms with van der Waals surface area (Å²) in [7, 11) is 0. The number of rotatable bonds is 5. The van der Waals surface area contributed by atoms with E-state index in [9.17, 15) is 0 Å². The predicted octanol–water partition coefficient (Wildman–Crippen LogP) is 14.1. The van der Waals surface area contributed by atoms with Crippen molar-refractivity contribution in [2.45, 2.75) is 0 Å². The van der Waals surface area contributed by atoms with Crippen molar-refractivity contribution in [2.75, 3.05) is 0 Å². The molecule has 12 aromatic rings. The fourth-order valence-corrected chi connectivity index (χ4v) is 11.6. The third-order valence-corrected chi connectivity index (χ3v) is 14.2. The van der Waals surface area contributed by atoms with Gasteiger partial charge in [0.25, 0.3) is 0 Å². The van der Waals surface area contributed by atoms with Crippen LogP contribution in [0.5, 0.6) is 0 Å². The second kappa shape index (κ2) is 12.9. The predicted molar refractivity (Wildman–Crippen MR) is 241 cm³/mol. The molecular weight excluding hydrogens is 755 g/mol. The van der Waals surface area contributed by atoms with Crippen molar-refractivity contribution in [3.05, 3.63) is 164 Å². The van der Waals surface area contributed by atoms with E-state index in [-0.39, 0.29) is 0 Å². The molecule has 0 aliphatic rings. The van der Waals surface area contributed by atoms with Gasteiger partial charge in [0.2, 0.25) is 0 Å². The topological polar surface area (TPSA) is 64.5 Å². The summed E-state index contributed by atoms with van der Waals surface area (Å²) >= 11 is 5.37. The third-order valence-electron chi connectivity index (χ3n) is 10.6. The number of benzene rings is 7. The second-order valence-electron chi connectivity index (χ2n) is 14.0. The Bertz CT molecular complexity index is 3480. The Labute approximate surface area is 338 Å². The van der Waals surface area contributed by atoms with E-state index in [0.29, 0.717) is 17.5 Å². The van der Waals surface area contributed by atoms with E-state index in [1.165, 1.54) is 24.9 Å². The Hall–Kier alpha value is -6.71. The summed E-state index contributed by atoms with van der Waals surface area (Å²) < 4.78 is 7.11. The van der Waals surface area contributed by atoms with Crippen LogP contribution in [0.3, 0.4) is 0 Å². The zero-order chi connectivity index (χ0) is 37.5. The molecule has 0 atom stereocenters. The van der Waals surface area contributed by atoms with Crippen molar-refractivity contribution in [1.29, 1.82) is 0 Å². The number of nitrogens with zero attached hydrogens (tertiary/aromatic N) is 5. The molecule has 0 unspecified atom stereocenters. The Morgan fingerprint density at radius 2 is 0.789 bits per heavy atom. The fraction of sp³-hybridized carbons (Fsp3) is 0. The van der Waals surface area contributed by atoms with Gasteiger partial charge in [0.1, 0.15) is 0 Å². The molecule has 266 valence electrons. The van der Waals surface area contributed by atoms with Crippen LogP contribution in [0.4, 0.5) is 0 Å². The van der Waals surface area contributed by atoms with Crippen LogP contribution in [0.25, 0.3) is 117 Å². The van der Waals surface area contributed by atoms with Crippen molar-refractivity contribution in [1.82, 2.24) is 24.9 Å². The Balaban J connectivity index is 1.10. The average Bonchev–Trinajstić information content (AvgIpc) is 3.98. The number of aromatic nitrogens is 5. The van der Waals surface area contributed by atoms with Gasteiger partial charge in [-0.1, -0.05) is 140 Å². The smallest absolute Gasteiger partial charge is 0.164 e. The van der Waals surface area contributed by atoms with Crippen molar-refractivity contribution in [3.8, 4) is 56.8 Å². The molecule has 7 aromatic carbocycles. The lowest BCUT2D eigenvalue weighted by atomic mass is 10.0. The van der Waals surface area contributed by atoms with Crippen LogP contribution >= 0.6 is 34.0 Å². The summed E-state index contributed by atoms with van der Waals surface area (Å²) in [4.78, 5) is 26.1. The SMILES string of the molecule is c1ccc(-c2nc(-c3ccccc3)nc(-c3cccc4sc5c(-c6nc(-c7cccc8c7sc7ccccc78)c7sc8ccccc8c7n6)cccc5c34)n2)cc1. The summed E-state index contributed by atoms with van der Waals surface area (Å²) in [5.74, 6) is 2.64. The van der Waals surface area contributed by atoms with Crippen LogP contribution in [0.2, 0.25) is 0 Å². The Morgan fingerprint density at radius 1 is 0.298 bits per heavy atom. The molecule has 5 heterocycles. The minimum Gasteiger partial charge on any atom is -0.226 e. The van der Waals surface area contributed by atoms with E-state index in [4.69, 9.17) is 24.9 Å². The highest BCUT2D eigenvalue weighted by molar-refractivity contribution is 7.27. The van der Waals surface area contributed by atoms with E-state index in [1.807, 2.05) is 72.0 Å². The Morgan fingerprint density at radius 3 is 1.54 bits per heavy atom. The molecule has 0 N–H and O–H groups in total. The quantitative estimate of drug-likeness (QED) is 0.174. The van der Waals surface area contributed by atoms with Crippen molar-refractivity contribution in [2.24, 2.45) is 0 Å². The first-order valence-electron chi connectivity index (χ1n) is 18.7. The van der Waals surface area contributed by atoms with Crippen LogP contribution < -0.4 is 0 Å². The molecule has 8 heteroatoms. The van der Waals surface area contributed by atoms with E-state index < -0.39 is 0 Å². The highest BCUT2D eigenvalue weighted by Gasteiger charge is 2.23. The van der Waals surface area contributed by atoms with Crippen molar-refractivity contribution >= 4 is 94.7 Å². The lowest BCUT2D eigenvalue weighted by Gasteiger charge is -2.10. The molecule has 0 saturated heterocycles. The maximum absolute atomic E-state index is 5.53. The number of hydrogen-bond acceptors (Lipinski definition) is 8. The molecule has 0 radical (unpaired) electrons. The van der Waals surface area contributed by atoms with Gasteiger partial charge in [-0.15, -0.1) is 34.0 Å². The molecule has 0 amide bonds. The van der Waals surface area contributed by atoms with Gasteiger partial charge in [0.05, 0.1) is 15.9 Å². The normalized spacial score (nSPS) is 11.9. The first-order chi connectivity index (χ1) is 28.2. The molecule has 0 bridgehead atoms. The van der Waals surface area contributed by atoms with E-state index in [0.717, 1.165) is 75.1 Å². The average molecular weight is 782 g/mol. The van der Waals surface area contributed by atoms with Crippen LogP contribution in [0.1, 0.15) is 0 Å². The second-order valence-corrected chi connectivity index (χ2v) is 17.1. The zero-order valence-electron chi connectivity index (χ0n) is 30.0. The van der Waals surface area contributed by atoms with Gasteiger partial charge in [-0.2, -0.15) is 0 Å². The molecule has 57 heavy (non-hydrogen) atoms. The standard InChI is InChI=1S/C49H27N5S3/c1-3-14-28(15-4-1)46-52-47(29-16-5-2-6-17-29)54-48(53-46)34-22-13-27-39-40(34)33-21-12-24-36(44(33)57-39)49-50-41-32-19-8-10-26-38(32)56-45(41)42(51-49)35-23-11-20-31-30-18-7-9-25-37(30)55-43(31)35/h1-27H. The summed E-state index contributed by atoms with van der Waals surface area (Å²) in [6, 6.07) is 57.1. The van der Waals surface area contributed by atoms with Gasteiger partial charge in [-0.3, -0.25) is 0 Å². The monoisotopic (exact) mass is 781 g/mol. The van der Waals surface area contributed by atoms with Gasteiger partial charge >= 0.3 is 0 Å². The molecule has 12 rings (SSSR count). The van der Waals surface area contributed by atoms with Gasteiger partial charge in [0.15, 0.2) is 23.3 Å². The number of fused-ring (bicyclic) bond motifs is 9. The van der Waals surface area contributed by atoms with Crippen LogP contribution in [0.15, 0.2) is 164 Å². The van der Waals surface area contributed by atoms with Crippen molar-refractivity contribution < 1.29 is 0 Å². The molecule has 5 aromatic heterocycles. The molecule has 0 aliphatic heterocycles. The van der Waals surface area contributed by atoms with E-state index in [2.05, 4.69) is 103 Å². The molecular formula is C49H27N5S3. The molecule has 0 spiro atoms. The molecule has 0 fully saturated rings. The van der Waals surface area contributed by atoms with E-state index >= 15 is 0 Å². The van der Waals surface area contributed by atoms with Gasteiger partial charge in [-0.25, -0.2) is 24.9 Å². The minimum absolute atomic E-state index is 0.638. The van der Waals surface area contributed by atoms with E-state index in [1.54, 1.807) is 22.7 Å². The summed E-state index contributed by atoms with van der Waals surface area (Å²) in [5, 5.41) is 5.91. The summed E-state index contributed by atoms with van der Waals surface area (Å²) in [6.45, 7) is 0. The minimum atomic E-state index is 0.638. The maximum atomic E-state index is 5.53. The van der Waals surface area contributed by atoms with Crippen LogP contribution in [0, 0.1) is 0 Å². The van der Waals surface area contributed by atoms with Crippen molar-refractivity contribution in [3.63, 3.8) is 0 Å². The fourth-order valence-electron chi connectivity index (χ4n) is 7.97. The Kier molecular flexibility index (Phi) is 7.38. The lowest BCUT2D eigenvalue weighted by molar-refractivity contribution is 1.08. The lowest BCUT2D eigenvalue weighted by Crippen LogP contribution is -2.00.